The van der Waals surface area contributed by atoms with Crippen LogP contribution in [0.2, 0.25) is 0 Å². The summed E-state index contributed by atoms with van der Waals surface area (Å²) in [5.74, 6) is 0.742. The molecule has 4 rings (SSSR count). The highest BCUT2D eigenvalue weighted by Gasteiger charge is 2.31. The second-order valence-electron chi connectivity index (χ2n) is 6.34. The molecule has 0 saturated carbocycles. The first-order valence-electron chi connectivity index (χ1n) is 8.61. The molecule has 2 aliphatic rings. The average molecular weight is 371 g/mol. The van der Waals surface area contributed by atoms with Crippen LogP contribution >= 0.6 is 0 Å². The van der Waals surface area contributed by atoms with Crippen molar-refractivity contribution in [1.82, 2.24) is 5.32 Å². The maximum Gasteiger partial charge on any atom is 0.319 e. The molecule has 1 saturated heterocycles. The maximum atomic E-state index is 13.0. The van der Waals surface area contributed by atoms with E-state index in [2.05, 4.69) is 10.6 Å². The predicted molar refractivity (Wildman–Crippen MR) is 96.7 cm³/mol. The lowest BCUT2D eigenvalue weighted by atomic mass is 10.2. The van der Waals surface area contributed by atoms with Crippen LogP contribution in [-0.4, -0.2) is 37.7 Å². The third-order valence-electron chi connectivity index (χ3n) is 4.40. The molecule has 2 aromatic rings. The number of nitrogens with zero attached hydrogens (tertiary/aromatic N) is 1. The van der Waals surface area contributed by atoms with Gasteiger partial charge in [-0.15, -0.1) is 0 Å². The van der Waals surface area contributed by atoms with Gasteiger partial charge in [-0.25, -0.2) is 9.18 Å². The minimum absolute atomic E-state index is 0.119. The molecule has 0 spiro atoms. The van der Waals surface area contributed by atoms with Gasteiger partial charge in [0, 0.05) is 30.4 Å². The first kappa shape index (κ1) is 17.1. The topological polar surface area (TPSA) is 79.9 Å². The van der Waals surface area contributed by atoms with Crippen molar-refractivity contribution >= 4 is 23.3 Å². The zero-order chi connectivity index (χ0) is 18.8. The summed E-state index contributed by atoms with van der Waals surface area (Å²) in [6, 6.07) is 10.1. The van der Waals surface area contributed by atoms with Gasteiger partial charge in [-0.05, 0) is 36.4 Å². The average Bonchev–Trinajstić information content (AvgIpc) is 3.02. The van der Waals surface area contributed by atoms with Crippen molar-refractivity contribution in [2.24, 2.45) is 0 Å². The van der Waals surface area contributed by atoms with E-state index in [1.807, 2.05) is 0 Å². The number of halogens is 1. The van der Waals surface area contributed by atoms with Crippen LogP contribution < -0.4 is 25.0 Å². The number of fused-ring (bicyclic) bond motifs is 1. The largest absolute Gasteiger partial charge is 0.486 e. The Morgan fingerprint density at radius 3 is 2.59 bits per heavy atom. The number of carbonyl (C=O) groups is 2. The number of ether oxygens (including phenoxy) is 2. The van der Waals surface area contributed by atoms with Gasteiger partial charge in [-0.3, -0.25) is 4.79 Å². The normalized spacial score (nSPS) is 18.3. The van der Waals surface area contributed by atoms with Crippen molar-refractivity contribution in [3.8, 4) is 11.5 Å². The van der Waals surface area contributed by atoms with Crippen LogP contribution in [0.3, 0.4) is 0 Å². The van der Waals surface area contributed by atoms with E-state index in [1.165, 1.54) is 17.0 Å². The Hall–Kier alpha value is -3.29. The van der Waals surface area contributed by atoms with Crippen molar-refractivity contribution in [3.63, 3.8) is 0 Å². The van der Waals surface area contributed by atoms with Gasteiger partial charge in [0.2, 0.25) is 5.91 Å². The van der Waals surface area contributed by atoms with E-state index in [9.17, 15) is 14.0 Å². The van der Waals surface area contributed by atoms with Crippen LogP contribution in [0, 0.1) is 5.82 Å². The summed E-state index contributed by atoms with van der Waals surface area (Å²) in [5, 5.41) is 5.52. The maximum absolute atomic E-state index is 13.0. The molecule has 1 unspecified atom stereocenters. The minimum Gasteiger partial charge on any atom is -0.486 e. The van der Waals surface area contributed by atoms with Crippen LogP contribution in [0.5, 0.6) is 11.5 Å². The SMILES string of the molecule is O=C(Nc1ccc2c(c1)OCCO2)NC1CC(=O)N(c2ccc(F)cc2)C1. The van der Waals surface area contributed by atoms with Crippen molar-refractivity contribution in [2.45, 2.75) is 12.5 Å². The van der Waals surface area contributed by atoms with E-state index in [-0.39, 0.29) is 24.2 Å². The van der Waals surface area contributed by atoms with Gasteiger partial charge in [-0.1, -0.05) is 0 Å². The van der Waals surface area contributed by atoms with E-state index < -0.39 is 6.03 Å². The first-order valence-corrected chi connectivity index (χ1v) is 8.61. The van der Waals surface area contributed by atoms with Crippen LogP contribution in [0.1, 0.15) is 6.42 Å². The molecule has 1 fully saturated rings. The molecule has 0 aliphatic carbocycles. The molecule has 1 atom stereocenters. The van der Waals surface area contributed by atoms with Gasteiger partial charge < -0.3 is 25.0 Å². The lowest BCUT2D eigenvalue weighted by molar-refractivity contribution is -0.117. The second kappa shape index (κ2) is 7.14. The number of nitrogens with one attached hydrogen (secondary N) is 2. The standard InChI is InChI=1S/C19H18FN3O4/c20-12-1-4-15(5-2-12)23-11-14(10-18(23)24)22-19(25)21-13-3-6-16-17(9-13)27-8-7-26-16/h1-6,9,14H,7-8,10-11H2,(H2,21,22,25). The summed E-state index contributed by atoms with van der Waals surface area (Å²) in [4.78, 5) is 26.0. The lowest BCUT2D eigenvalue weighted by Gasteiger charge is -2.19. The molecule has 7 nitrogen and oxygen atoms in total. The van der Waals surface area contributed by atoms with Crippen molar-refractivity contribution < 1.29 is 23.5 Å². The molecule has 0 bridgehead atoms. The highest BCUT2D eigenvalue weighted by Crippen LogP contribution is 2.32. The van der Waals surface area contributed by atoms with Crippen LogP contribution in [0.25, 0.3) is 0 Å². The molecule has 0 radical (unpaired) electrons. The van der Waals surface area contributed by atoms with Gasteiger partial charge >= 0.3 is 6.03 Å². The van der Waals surface area contributed by atoms with Gasteiger partial charge in [0.25, 0.3) is 0 Å². The van der Waals surface area contributed by atoms with E-state index in [1.54, 1.807) is 30.3 Å². The molecule has 2 aromatic carbocycles. The quantitative estimate of drug-likeness (QED) is 0.869. The third-order valence-corrected chi connectivity index (χ3v) is 4.40. The van der Waals surface area contributed by atoms with E-state index in [0.717, 1.165) is 0 Å². The zero-order valence-electron chi connectivity index (χ0n) is 14.4. The third kappa shape index (κ3) is 3.79. The number of carbonyl (C=O) groups excluding carboxylic acids is 2. The number of rotatable bonds is 3. The molecule has 2 aliphatic heterocycles. The Bertz CT molecular complexity index is 872. The van der Waals surface area contributed by atoms with Crippen molar-refractivity contribution in [1.29, 1.82) is 0 Å². The van der Waals surface area contributed by atoms with Crippen LogP contribution in [-0.2, 0) is 4.79 Å². The summed E-state index contributed by atoms with van der Waals surface area (Å²) >= 11 is 0. The van der Waals surface area contributed by atoms with Gasteiger partial charge in [-0.2, -0.15) is 0 Å². The van der Waals surface area contributed by atoms with Gasteiger partial charge in [0.15, 0.2) is 11.5 Å². The molecule has 2 heterocycles. The predicted octanol–water partition coefficient (Wildman–Crippen LogP) is 2.52. The second-order valence-corrected chi connectivity index (χ2v) is 6.34. The molecule has 2 N–H and O–H groups in total. The Morgan fingerprint density at radius 1 is 1.07 bits per heavy atom. The van der Waals surface area contributed by atoms with Gasteiger partial charge in [0.1, 0.15) is 19.0 Å². The Morgan fingerprint density at radius 2 is 1.81 bits per heavy atom. The van der Waals surface area contributed by atoms with E-state index in [4.69, 9.17) is 9.47 Å². The van der Waals surface area contributed by atoms with E-state index in [0.29, 0.717) is 42.6 Å². The van der Waals surface area contributed by atoms with Crippen molar-refractivity contribution in [2.75, 3.05) is 30.0 Å². The molecule has 8 heteroatoms. The number of anilines is 2. The first-order chi connectivity index (χ1) is 13.1. The number of amides is 3. The van der Waals surface area contributed by atoms with Crippen molar-refractivity contribution in [3.05, 3.63) is 48.3 Å². The molecule has 3 amide bonds. The fourth-order valence-corrected chi connectivity index (χ4v) is 3.15. The van der Waals surface area contributed by atoms with E-state index >= 15 is 0 Å². The number of urea groups is 1. The monoisotopic (exact) mass is 371 g/mol. The molecular weight excluding hydrogens is 353 g/mol. The highest BCUT2D eigenvalue weighted by molar-refractivity contribution is 5.97. The lowest BCUT2D eigenvalue weighted by Crippen LogP contribution is -2.39. The molecule has 0 aromatic heterocycles. The Kier molecular flexibility index (Phi) is 4.53. The molecular formula is C19H18FN3O4. The minimum atomic E-state index is -0.412. The molecule has 140 valence electrons. The highest BCUT2D eigenvalue weighted by atomic mass is 19.1. The fraction of sp³-hybridized carbons (Fsp3) is 0.263. The number of hydrogen-bond donors (Lipinski definition) is 2. The number of hydrogen-bond acceptors (Lipinski definition) is 4. The smallest absolute Gasteiger partial charge is 0.319 e. The Labute approximate surface area is 155 Å². The summed E-state index contributed by atoms with van der Waals surface area (Å²) in [7, 11) is 0. The van der Waals surface area contributed by atoms with Gasteiger partial charge in [0.05, 0.1) is 6.04 Å². The van der Waals surface area contributed by atoms with Crippen LogP contribution in [0.4, 0.5) is 20.6 Å². The summed E-state index contributed by atoms with van der Waals surface area (Å²) in [6.45, 7) is 1.30. The number of benzene rings is 2. The zero-order valence-corrected chi connectivity index (χ0v) is 14.4. The fourth-order valence-electron chi connectivity index (χ4n) is 3.15. The van der Waals surface area contributed by atoms with Crippen LogP contribution in [0.15, 0.2) is 42.5 Å². The summed E-state index contributed by atoms with van der Waals surface area (Å²) in [5.41, 5.74) is 1.18. The molecule has 27 heavy (non-hydrogen) atoms. The summed E-state index contributed by atoms with van der Waals surface area (Å²) < 4.78 is 24.0. The Balaban J connectivity index is 1.36. The summed E-state index contributed by atoms with van der Waals surface area (Å²) in [6.07, 6.45) is 0.186.